The summed E-state index contributed by atoms with van der Waals surface area (Å²) in [7, 11) is 2.04. The lowest BCUT2D eigenvalue weighted by Crippen LogP contribution is -2.23. The van der Waals surface area contributed by atoms with Gasteiger partial charge in [0.15, 0.2) is 0 Å². The van der Waals surface area contributed by atoms with Crippen LogP contribution >= 0.6 is 0 Å². The molecule has 0 unspecified atom stereocenters. The van der Waals surface area contributed by atoms with Gasteiger partial charge in [0.25, 0.3) is 0 Å². The molecule has 1 aromatic heterocycles. The molecule has 0 spiro atoms. The van der Waals surface area contributed by atoms with Crippen molar-refractivity contribution in [1.82, 2.24) is 4.98 Å². The average molecular weight is 257 g/mol. The number of aromatic nitrogens is 1. The van der Waals surface area contributed by atoms with Crippen molar-refractivity contribution in [2.24, 2.45) is 5.92 Å². The van der Waals surface area contributed by atoms with E-state index in [0.717, 1.165) is 37.2 Å². The Morgan fingerprint density at radius 3 is 2.79 bits per heavy atom. The molecule has 0 radical (unpaired) electrons. The zero-order valence-electron chi connectivity index (χ0n) is 12.2. The Balaban J connectivity index is 2.26. The van der Waals surface area contributed by atoms with Crippen molar-refractivity contribution in [1.29, 1.82) is 5.26 Å². The van der Waals surface area contributed by atoms with Crippen molar-refractivity contribution in [3.63, 3.8) is 0 Å². The van der Waals surface area contributed by atoms with Gasteiger partial charge in [0.1, 0.15) is 11.9 Å². The minimum Gasteiger partial charge on any atom is -0.359 e. The van der Waals surface area contributed by atoms with E-state index in [1.165, 1.54) is 24.1 Å². The monoisotopic (exact) mass is 257 g/mol. The van der Waals surface area contributed by atoms with E-state index in [9.17, 15) is 5.26 Å². The van der Waals surface area contributed by atoms with Gasteiger partial charge in [-0.05, 0) is 49.7 Å². The number of hydrogen-bond donors (Lipinski definition) is 0. The lowest BCUT2D eigenvalue weighted by Gasteiger charge is -2.23. The lowest BCUT2D eigenvalue weighted by atomic mass is 9.95. The molecule has 0 fully saturated rings. The number of aryl methyl sites for hydroxylation is 2. The zero-order valence-corrected chi connectivity index (χ0v) is 12.2. The van der Waals surface area contributed by atoms with Crippen molar-refractivity contribution >= 4 is 5.82 Å². The molecule has 0 saturated carbocycles. The van der Waals surface area contributed by atoms with Gasteiger partial charge in [0.05, 0.1) is 5.56 Å². The van der Waals surface area contributed by atoms with E-state index in [0.29, 0.717) is 5.92 Å². The predicted molar refractivity (Wildman–Crippen MR) is 78.3 cm³/mol. The first-order valence-corrected chi connectivity index (χ1v) is 7.26. The summed E-state index contributed by atoms with van der Waals surface area (Å²) in [6.45, 7) is 5.40. The second-order valence-corrected chi connectivity index (χ2v) is 5.89. The smallest absolute Gasteiger partial charge is 0.146 e. The Morgan fingerprint density at radius 1 is 1.37 bits per heavy atom. The van der Waals surface area contributed by atoms with Gasteiger partial charge in [0, 0.05) is 19.3 Å². The summed E-state index contributed by atoms with van der Waals surface area (Å²) in [5, 5.41) is 9.33. The zero-order chi connectivity index (χ0) is 13.8. The SMILES string of the molecule is CC(C)CCN(C)c1nc2c(cc1C#N)CCCC2. The molecule has 0 saturated heterocycles. The number of nitriles is 1. The Kier molecular flexibility index (Phi) is 4.42. The number of fused-ring (bicyclic) bond motifs is 1. The number of pyridine rings is 1. The standard InChI is InChI=1S/C16H23N3/c1-12(2)8-9-19(3)16-14(11-17)10-13-6-4-5-7-15(13)18-16/h10,12H,4-9H2,1-3H3. The fraction of sp³-hybridized carbons (Fsp3) is 0.625. The van der Waals surface area contributed by atoms with Crippen molar-refractivity contribution in [3.05, 3.63) is 22.9 Å². The summed E-state index contributed by atoms with van der Waals surface area (Å²) < 4.78 is 0. The highest BCUT2D eigenvalue weighted by molar-refractivity contribution is 5.56. The van der Waals surface area contributed by atoms with Crippen LogP contribution in [0.3, 0.4) is 0 Å². The average Bonchev–Trinajstić information content (AvgIpc) is 2.43. The number of nitrogens with zero attached hydrogens (tertiary/aromatic N) is 3. The largest absolute Gasteiger partial charge is 0.359 e. The molecule has 1 aromatic rings. The molecule has 1 aliphatic carbocycles. The molecule has 1 heterocycles. The molecule has 3 nitrogen and oxygen atoms in total. The van der Waals surface area contributed by atoms with Crippen LogP contribution < -0.4 is 4.90 Å². The Bertz CT molecular complexity index is 486. The molecule has 0 bridgehead atoms. The number of hydrogen-bond acceptors (Lipinski definition) is 3. The van der Waals surface area contributed by atoms with E-state index in [2.05, 4.69) is 30.9 Å². The third kappa shape index (κ3) is 3.26. The van der Waals surface area contributed by atoms with Crippen molar-refractivity contribution in [2.45, 2.75) is 46.0 Å². The lowest BCUT2D eigenvalue weighted by molar-refractivity contribution is 0.582. The van der Waals surface area contributed by atoms with Crippen molar-refractivity contribution in [3.8, 4) is 6.07 Å². The second kappa shape index (κ2) is 6.06. The maximum absolute atomic E-state index is 9.33. The summed E-state index contributed by atoms with van der Waals surface area (Å²) in [6.07, 6.45) is 5.71. The highest BCUT2D eigenvalue weighted by atomic mass is 15.2. The first-order valence-electron chi connectivity index (χ1n) is 7.26. The van der Waals surface area contributed by atoms with Crippen LogP contribution in [0.1, 0.15) is 49.9 Å². The van der Waals surface area contributed by atoms with Crippen LogP contribution in [0.2, 0.25) is 0 Å². The molecule has 0 aliphatic heterocycles. The molecule has 0 amide bonds. The Morgan fingerprint density at radius 2 is 2.11 bits per heavy atom. The van der Waals surface area contributed by atoms with E-state index in [1.54, 1.807) is 0 Å². The number of anilines is 1. The molecular formula is C16H23N3. The molecular weight excluding hydrogens is 234 g/mol. The maximum atomic E-state index is 9.33. The first kappa shape index (κ1) is 13.9. The fourth-order valence-corrected chi connectivity index (χ4v) is 2.55. The molecule has 3 heteroatoms. The minimum absolute atomic E-state index is 0.672. The van der Waals surface area contributed by atoms with E-state index in [4.69, 9.17) is 4.98 Å². The summed E-state index contributed by atoms with van der Waals surface area (Å²) in [6, 6.07) is 4.37. The molecule has 19 heavy (non-hydrogen) atoms. The molecule has 0 aromatic carbocycles. The van der Waals surface area contributed by atoms with Crippen LogP contribution in [0.15, 0.2) is 6.07 Å². The van der Waals surface area contributed by atoms with E-state index >= 15 is 0 Å². The van der Waals surface area contributed by atoms with Crippen LogP contribution in [-0.2, 0) is 12.8 Å². The van der Waals surface area contributed by atoms with E-state index in [-0.39, 0.29) is 0 Å². The summed E-state index contributed by atoms with van der Waals surface area (Å²) in [5.41, 5.74) is 3.22. The Hall–Kier alpha value is -1.56. The van der Waals surface area contributed by atoms with Gasteiger partial charge < -0.3 is 4.90 Å². The Labute approximate surface area is 116 Å². The molecule has 0 atom stereocenters. The summed E-state index contributed by atoms with van der Waals surface area (Å²) >= 11 is 0. The van der Waals surface area contributed by atoms with Gasteiger partial charge in [-0.3, -0.25) is 0 Å². The van der Waals surface area contributed by atoms with Gasteiger partial charge in [-0.15, -0.1) is 0 Å². The van der Waals surface area contributed by atoms with Gasteiger partial charge in [-0.2, -0.15) is 5.26 Å². The van der Waals surface area contributed by atoms with Crippen LogP contribution in [-0.4, -0.2) is 18.6 Å². The van der Waals surface area contributed by atoms with E-state index < -0.39 is 0 Å². The summed E-state index contributed by atoms with van der Waals surface area (Å²) in [4.78, 5) is 6.90. The normalized spacial score (nSPS) is 14.1. The van der Waals surface area contributed by atoms with Crippen LogP contribution in [0.25, 0.3) is 0 Å². The number of rotatable bonds is 4. The molecule has 2 rings (SSSR count). The molecule has 0 N–H and O–H groups in total. The highest BCUT2D eigenvalue weighted by Crippen LogP contribution is 2.26. The third-order valence-electron chi connectivity index (χ3n) is 3.80. The van der Waals surface area contributed by atoms with Crippen LogP contribution in [0, 0.1) is 17.2 Å². The third-order valence-corrected chi connectivity index (χ3v) is 3.80. The van der Waals surface area contributed by atoms with Crippen LogP contribution in [0.4, 0.5) is 5.82 Å². The molecule has 102 valence electrons. The summed E-state index contributed by atoms with van der Waals surface area (Å²) in [5.74, 6) is 1.54. The van der Waals surface area contributed by atoms with Gasteiger partial charge in [0.2, 0.25) is 0 Å². The van der Waals surface area contributed by atoms with Gasteiger partial charge in [-0.1, -0.05) is 13.8 Å². The second-order valence-electron chi connectivity index (χ2n) is 5.89. The van der Waals surface area contributed by atoms with Crippen LogP contribution in [0.5, 0.6) is 0 Å². The van der Waals surface area contributed by atoms with Gasteiger partial charge in [-0.25, -0.2) is 4.98 Å². The fourth-order valence-electron chi connectivity index (χ4n) is 2.55. The van der Waals surface area contributed by atoms with Crippen molar-refractivity contribution in [2.75, 3.05) is 18.5 Å². The highest BCUT2D eigenvalue weighted by Gasteiger charge is 2.17. The minimum atomic E-state index is 0.672. The predicted octanol–water partition coefficient (Wildman–Crippen LogP) is 3.31. The van der Waals surface area contributed by atoms with E-state index in [1.807, 2.05) is 7.05 Å². The molecule has 1 aliphatic rings. The first-order chi connectivity index (χ1) is 9.11. The topological polar surface area (TPSA) is 39.9 Å². The van der Waals surface area contributed by atoms with Crippen molar-refractivity contribution < 1.29 is 0 Å². The van der Waals surface area contributed by atoms with Gasteiger partial charge >= 0.3 is 0 Å². The maximum Gasteiger partial charge on any atom is 0.146 e. The quantitative estimate of drug-likeness (QED) is 0.830.